The van der Waals surface area contributed by atoms with Crippen molar-refractivity contribution in [3.8, 4) is 17.2 Å². The molecule has 2 heterocycles. The van der Waals surface area contributed by atoms with Crippen molar-refractivity contribution in [3.05, 3.63) is 47.5 Å². The summed E-state index contributed by atoms with van der Waals surface area (Å²) in [5.74, 6) is 1.92. The summed E-state index contributed by atoms with van der Waals surface area (Å²) in [6, 6.07) is 7.12. The van der Waals surface area contributed by atoms with Crippen molar-refractivity contribution in [2.24, 2.45) is 0 Å². The number of hydrogen-bond acceptors (Lipinski definition) is 5. The molecule has 1 aliphatic rings. The van der Waals surface area contributed by atoms with Crippen molar-refractivity contribution < 1.29 is 23.4 Å². The Bertz CT molecular complexity index is 754. The number of hydrogen-bond donors (Lipinski definition) is 0. The zero-order chi connectivity index (χ0) is 17.8. The Kier molecular flexibility index (Phi) is 4.97. The number of allylic oxidation sites excluding steroid dienone is 1. The van der Waals surface area contributed by atoms with E-state index in [4.69, 9.17) is 18.6 Å². The molecule has 1 saturated heterocycles. The van der Waals surface area contributed by atoms with Gasteiger partial charge in [-0.15, -0.1) is 0 Å². The first-order chi connectivity index (χ1) is 12.2. The molecule has 2 aromatic rings. The Labute approximate surface area is 146 Å². The predicted octanol–water partition coefficient (Wildman–Crippen LogP) is 3.58. The summed E-state index contributed by atoms with van der Waals surface area (Å²) in [6.07, 6.45) is 5.22. The van der Waals surface area contributed by atoms with Gasteiger partial charge in [0.1, 0.15) is 0 Å². The zero-order valence-corrected chi connectivity index (χ0v) is 14.6. The minimum absolute atomic E-state index is 0.124. The molecule has 1 aromatic carbocycles. The molecule has 0 bridgehead atoms. The van der Waals surface area contributed by atoms with Crippen LogP contribution in [0.25, 0.3) is 6.08 Å². The molecule has 132 valence electrons. The highest BCUT2D eigenvalue weighted by Crippen LogP contribution is 2.39. The van der Waals surface area contributed by atoms with Crippen molar-refractivity contribution >= 4 is 12.0 Å². The number of methoxy groups -OCH3 is 3. The topological polar surface area (TPSA) is 61.1 Å². The van der Waals surface area contributed by atoms with Gasteiger partial charge >= 0.3 is 0 Å². The van der Waals surface area contributed by atoms with Crippen LogP contribution in [0.1, 0.15) is 29.0 Å². The molecule has 0 radical (unpaired) electrons. The number of rotatable bonds is 5. The Hall–Kier alpha value is -2.89. The van der Waals surface area contributed by atoms with Crippen molar-refractivity contribution in [2.45, 2.75) is 12.8 Å². The first-order valence-electron chi connectivity index (χ1n) is 8.04. The molecule has 0 saturated carbocycles. The maximum Gasteiger partial charge on any atom is 0.293 e. The van der Waals surface area contributed by atoms with E-state index in [9.17, 15) is 4.79 Å². The van der Waals surface area contributed by atoms with Crippen molar-refractivity contribution in [1.82, 2.24) is 4.90 Å². The molecule has 0 spiro atoms. The molecule has 0 N–H and O–H groups in total. The summed E-state index contributed by atoms with van der Waals surface area (Å²) in [4.78, 5) is 14.3. The average Bonchev–Trinajstić information content (AvgIpc) is 3.32. The summed E-state index contributed by atoms with van der Waals surface area (Å²) in [5, 5.41) is 0. The molecular weight excluding hydrogens is 322 g/mol. The van der Waals surface area contributed by atoms with Crippen LogP contribution in [0.2, 0.25) is 0 Å². The first-order valence-corrected chi connectivity index (χ1v) is 8.04. The second-order valence-corrected chi connectivity index (χ2v) is 5.63. The number of carbonyl (C=O) groups excluding carboxylic acids is 1. The number of likely N-dealkylation sites (tertiary alicyclic amines) is 1. The van der Waals surface area contributed by atoms with Gasteiger partial charge in [0.2, 0.25) is 5.75 Å². The first kappa shape index (κ1) is 17.0. The van der Waals surface area contributed by atoms with Gasteiger partial charge in [0.25, 0.3) is 5.91 Å². The molecule has 3 rings (SSSR count). The van der Waals surface area contributed by atoms with Crippen LogP contribution in [0, 0.1) is 0 Å². The van der Waals surface area contributed by atoms with Crippen molar-refractivity contribution in [1.29, 1.82) is 0 Å². The quantitative estimate of drug-likeness (QED) is 0.830. The molecule has 1 fully saturated rings. The molecule has 1 amide bonds. The zero-order valence-electron chi connectivity index (χ0n) is 14.6. The van der Waals surface area contributed by atoms with Gasteiger partial charge in [-0.2, -0.15) is 0 Å². The lowest BCUT2D eigenvalue weighted by Gasteiger charge is -2.17. The summed E-state index contributed by atoms with van der Waals surface area (Å²) >= 11 is 0. The fourth-order valence-electron chi connectivity index (χ4n) is 2.99. The smallest absolute Gasteiger partial charge is 0.293 e. The third-order valence-corrected chi connectivity index (χ3v) is 4.16. The second-order valence-electron chi connectivity index (χ2n) is 5.63. The highest BCUT2D eigenvalue weighted by molar-refractivity contribution is 5.93. The van der Waals surface area contributed by atoms with Gasteiger partial charge in [-0.25, -0.2) is 0 Å². The molecule has 0 aliphatic carbocycles. The van der Waals surface area contributed by atoms with E-state index >= 15 is 0 Å². The van der Waals surface area contributed by atoms with Crippen LogP contribution in [0.5, 0.6) is 17.2 Å². The monoisotopic (exact) mass is 343 g/mol. The van der Waals surface area contributed by atoms with E-state index in [0.29, 0.717) is 29.6 Å². The van der Waals surface area contributed by atoms with Gasteiger partial charge < -0.3 is 23.5 Å². The molecule has 6 nitrogen and oxygen atoms in total. The minimum atomic E-state index is -0.124. The van der Waals surface area contributed by atoms with Crippen LogP contribution in [-0.4, -0.2) is 38.7 Å². The van der Waals surface area contributed by atoms with E-state index in [-0.39, 0.29) is 5.91 Å². The van der Waals surface area contributed by atoms with Crippen LogP contribution in [0.4, 0.5) is 0 Å². The maximum absolute atomic E-state index is 12.6. The average molecular weight is 343 g/mol. The fourth-order valence-corrected chi connectivity index (χ4v) is 2.99. The fraction of sp³-hybridized carbons (Fsp3) is 0.316. The highest BCUT2D eigenvalue weighted by atomic mass is 16.5. The van der Waals surface area contributed by atoms with Gasteiger partial charge in [-0.05, 0) is 48.7 Å². The van der Waals surface area contributed by atoms with E-state index in [1.807, 2.05) is 18.2 Å². The van der Waals surface area contributed by atoms with E-state index in [1.165, 1.54) is 6.26 Å². The van der Waals surface area contributed by atoms with Gasteiger partial charge in [0.15, 0.2) is 17.3 Å². The van der Waals surface area contributed by atoms with Gasteiger partial charge in [-0.1, -0.05) is 0 Å². The van der Waals surface area contributed by atoms with E-state index < -0.39 is 0 Å². The largest absolute Gasteiger partial charge is 0.493 e. The van der Waals surface area contributed by atoms with E-state index in [2.05, 4.69) is 0 Å². The molecule has 6 heteroatoms. The molecular formula is C19H21NO5. The van der Waals surface area contributed by atoms with E-state index in [1.54, 1.807) is 38.4 Å². The third kappa shape index (κ3) is 3.33. The Balaban J connectivity index is 1.95. The van der Waals surface area contributed by atoms with Gasteiger partial charge in [0, 0.05) is 12.2 Å². The SMILES string of the molecule is COc1cc(/C=C2\CCCN2C(=O)c2ccco2)cc(OC)c1OC. The lowest BCUT2D eigenvalue weighted by atomic mass is 10.1. The second kappa shape index (κ2) is 7.34. The number of furan rings is 1. The van der Waals surface area contributed by atoms with Gasteiger partial charge in [-0.3, -0.25) is 4.79 Å². The Morgan fingerprint density at radius 1 is 1.16 bits per heavy atom. The maximum atomic E-state index is 12.6. The van der Waals surface area contributed by atoms with Crippen LogP contribution in [0.15, 0.2) is 40.6 Å². The lowest BCUT2D eigenvalue weighted by molar-refractivity contribution is 0.0795. The van der Waals surface area contributed by atoms with E-state index in [0.717, 1.165) is 24.1 Å². The number of amides is 1. The molecule has 1 aromatic heterocycles. The molecule has 25 heavy (non-hydrogen) atoms. The molecule has 1 aliphatic heterocycles. The number of ether oxygens (including phenoxy) is 3. The number of benzene rings is 1. The Morgan fingerprint density at radius 3 is 2.44 bits per heavy atom. The highest BCUT2D eigenvalue weighted by Gasteiger charge is 2.26. The molecule has 0 unspecified atom stereocenters. The normalized spacial score (nSPS) is 15.5. The van der Waals surface area contributed by atoms with Crippen LogP contribution < -0.4 is 14.2 Å². The summed E-state index contributed by atoms with van der Waals surface area (Å²) in [5.41, 5.74) is 1.82. The number of nitrogens with zero attached hydrogens (tertiary/aromatic N) is 1. The third-order valence-electron chi connectivity index (χ3n) is 4.16. The number of carbonyl (C=O) groups is 1. The Morgan fingerprint density at radius 2 is 1.88 bits per heavy atom. The lowest BCUT2D eigenvalue weighted by Crippen LogP contribution is -2.25. The molecule has 0 atom stereocenters. The standard InChI is InChI=1S/C19H21NO5/c1-22-16-11-13(12-17(23-2)18(16)24-3)10-14-6-4-8-20(14)19(21)15-7-5-9-25-15/h5,7,9-12H,4,6,8H2,1-3H3/b14-10+. The van der Waals surface area contributed by atoms with Crippen LogP contribution in [-0.2, 0) is 0 Å². The predicted molar refractivity (Wildman–Crippen MR) is 93.1 cm³/mol. The van der Waals surface area contributed by atoms with Crippen LogP contribution in [0.3, 0.4) is 0 Å². The van der Waals surface area contributed by atoms with Gasteiger partial charge in [0.05, 0.1) is 27.6 Å². The van der Waals surface area contributed by atoms with Crippen LogP contribution >= 0.6 is 0 Å². The summed E-state index contributed by atoms with van der Waals surface area (Å²) < 4.78 is 21.4. The summed E-state index contributed by atoms with van der Waals surface area (Å²) in [7, 11) is 4.73. The van der Waals surface area contributed by atoms with Crippen molar-refractivity contribution in [3.63, 3.8) is 0 Å². The van der Waals surface area contributed by atoms with Crippen molar-refractivity contribution in [2.75, 3.05) is 27.9 Å². The summed E-state index contributed by atoms with van der Waals surface area (Å²) in [6.45, 7) is 0.676. The minimum Gasteiger partial charge on any atom is -0.493 e.